The predicted octanol–water partition coefficient (Wildman–Crippen LogP) is -19.9. The minimum Gasteiger partial charge on any atom is -0.550 e. The first kappa shape index (κ1) is 77.4. The summed E-state index contributed by atoms with van der Waals surface area (Å²) in [6, 6.07) is 0. The summed E-state index contributed by atoms with van der Waals surface area (Å²) in [6.07, 6.45) is -10.9. The zero-order valence-electron chi connectivity index (χ0n) is 29.3. The minimum atomic E-state index is -2.97. The van der Waals surface area contributed by atoms with Crippen molar-refractivity contribution in [2.75, 3.05) is 0 Å². The molecule has 34 heteroatoms. The molecule has 0 aromatic carbocycles. The quantitative estimate of drug-likeness (QED) is 0.0557. The van der Waals surface area contributed by atoms with E-state index in [2.05, 4.69) is 0 Å². The molecule has 338 valence electrons. The van der Waals surface area contributed by atoms with Crippen LogP contribution in [0.1, 0.15) is 51.4 Å². The molecule has 31 nitrogen and oxygen atoms in total. The molecule has 0 saturated heterocycles. The summed E-state index contributed by atoms with van der Waals surface area (Å²) in [5.41, 5.74) is -11.9. The van der Waals surface area contributed by atoms with Crippen LogP contribution in [0.15, 0.2) is 0 Å². The summed E-state index contributed by atoms with van der Waals surface area (Å²) in [6.45, 7) is 0. The second-order valence-electron chi connectivity index (χ2n) is 9.67. The van der Waals surface area contributed by atoms with E-state index >= 15 is 0 Å². The summed E-state index contributed by atoms with van der Waals surface area (Å²) >= 11 is 0. The fraction of sp³-hybridized carbons (Fsp3) is 0.500. The Balaban J connectivity index is -0.0000000640. The van der Waals surface area contributed by atoms with Crippen LogP contribution in [-0.2, 0) is 109 Å². The van der Waals surface area contributed by atoms with E-state index in [-0.39, 0.29) is 69.7 Å². The zero-order valence-corrected chi connectivity index (χ0v) is 32.6. The Labute approximate surface area is 353 Å². The van der Waals surface area contributed by atoms with Crippen LogP contribution in [0, 0.1) is 0 Å². The number of carboxylic acids is 12. The van der Waals surface area contributed by atoms with Gasteiger partial charge in [-0.15, -0.1) is 0 Å². The second-order valence-corrected chi connectivity index (χ2v) is 9.67. The van der Waals surface area contributed by atoms with Gasteiger partial charge in [-0.3, -0.25) is 0 Å². The summed E-state index contributed by atoms with van der Waals surface area (Å²) in [7, 11) is 0. The first-order valence-electron chi connectivity index (χ1n) is 12.5. The Morgan fingerprint density at radius 1 is 0.259 bits per heavy atom. The average Bonchev–Trinajstić information content (AvgIpc) is 2.85. The summed E-state index contributed by atoms with van der Waals surface area (Å²) in [5.74, 6) is -23.9. The largest absolute Gasteiger partial charge is 2.00 e. The van der Waals surface area contributed by atoms with Crippen molar-refractivity contribution < 1.29 is 190 Å². The average molecular weight is 978 g/mol. The maximum atomic E-state index is 10.1. The van der Waals surface area contributed by atoms with Gasteiger partial charge in [-0.25, -0.2) is 0 Å². The van der Waals surface area contributed by atoms with Crippen molar-refractivity contribution in [3.63, 3.8) is 0 Å². The van der Waals surface area contributed by atoms with E-state index in [9.17, 15) is 119 Å². The number of carbonyl (C=O) groups excluding carboxylic acids is 12. The normalized spacial score (nSPS) is 9.72. The number of aliphatic hydroxyl groups is 4. The second kappa shape index (κ2) is 34.0. The molecule has 0 atom stereocenters. The van der Waals surface area contributed by atoms with Crippen LogP contribution in [0.5, 0.6) is 0 Å². The molecule has 0 bridgehead atoms. The molecule has 0 unspecified atom stereocenters. The van der Waals surface area contributed by atoms with Gasteiger partial charge < -0.3 is 158 Å². The standard InChI is InChI=1S/4C6H8O7.3Fe.3H3N/c4*7-3(8)1-6(13,5(11)12)2-4(9)10;;;;;;/h4*13H,1-2H2,(H,7,8)(H,9,10)(H,11,12);;;;3*1H3/q;;;;3*+2;;;/p-9. The van der Waals surface area contributed by atoms with E-state index in [0.717, 1.165) is 0 Å². The van der Waals surface area contributed by atoms with Gasteiger partial charge in [0, 0.05) is 99.1 Å². The van der Waals surface area contributed by atoms with Crippen LogP contribution in [0.2, 0.25) is 0 Å². The molecule has 0 heterocycles. The number of aliphatic carboxylic acids is 12. The van der Waals surface area contributed by atoms with Crippen molar-refractivity contribution >= 4 is 71.6 Å². The Kier molecular flexibility index (Phi) is 45.4. The monoisotopic (exact) mass is 978 g/mol. The van der Waals surface area contributed by atoms with Crippen molar-refractivity contribution in [1.29, 1.82) is 0 Å². The van der Waals surface area contributed by atoms with Gasteiger partial charge in [0.1, 0.15) is 22.4 Å². The van der Waals surface area contributed by atoms with E-state index < -0.39 is 145 Å². The van der Waals surface area contributed by atoms with E-state index in [1.54, 1.807) is 0 Å². The first-order valence-corrected chi connectivity index (χ1v) is 12.5. The van der Waals surface area contributed by atoms with Gasteiger partial charge in [-0.2, -0.15) is 0 Å². The molecule has 0 aromatic rings. The van der Waals surface area contributed by atoms with E-state index in [0.29, 0.717) is 0 Å². The van der Waals surface area contributed by atoms with E-state index in [1.165, 1.54) is 0 Å². The van der Waals surface area contributed by atoms with Gasteiger partial charge in [0.25, 0.3) is 0 Å². The zero-order chi connectivity index (χ0) is 42.6. The first-order chi connectivity index (χ1) is 23.1. The third-order valence-electron chi connectivity index (χ3n) is 5.01. The van der Waals surface area contributed by atoms with Gasteiger partial charge in [0.15, 0.2) is 0 Å². The summed E-state index contributed by atoms with van der Waals surface area (Å²) in [5, 5.41) is 156. The van der Waals surface area contributed by atoms with Crippen molar-refractivity contribution in [3.05, 3.63) is 0 Å². The number of rotatable bonds is 20. The number of carbonyl (C=O) groups is 12. The number of hydrogen-bond acceptors (Lipinski definition) is 28. The Hall–Kier alpha value is -5.08. The molecule has 0 aliphatic carbocycles. The minimum absolute atomic E-state index is 0. The molecule has 0 amide bonds. The molecular formula is C24H32Fe3N3O28-3. The fourth-order valence-electron chi connectivity index (χ4n) is 2.74. The van der Waals surface area contributed by atoms with Crippen molar-refractivity contribution in [2.24, 2.45) is 0 Å². The van der Waals surface area contributed by atoms with Crippen LogP contribution in [-0.4, -0.2) is 114 Å². The number of hydrogen-bond donors (Lipinski definition) is 7. The summed E-state index contributed by atoms with van der Waals surface area (Å²) < 4.78 is 0. The molecular weight excluding hydrogens is 946 g/mol. The third-order valence-corrected chi connectivity index (χ3v) is 5.01. The van der Waals surface area contributed by atoms with Crippen molar-refractivity contribution in [2.45, 2.75) is 73.8 Å². The molecule has 0 saturated carbocycles. The predicted molar refractivity (Wildman–Crippen MR) is 135 cm³/mol. The molecule has 0 fully saturated rings. The van der Waals surface area contributed by atoms with Crippen LogP contribution in [0.4, 0.5) is 0 Å². The van der Waals surface area contributed by atoms with Crippen LogP contribution in [0.25, 0.3) is 0 Å². The SMILES string of the molecule is O=C([O-])CC(O)(CC(=O)[O-])C(=O)[O-].O=C([O-])CC(O)(CC(=O)[O-])C(=O)[O-].O=C([O-])CC(O)(CC(=O)[O-])C(=O)[O-].O=C([O-])CC(O)(CC(=O)[O-])C(=O)[O-].[Fe+2].[Fe+2].[Fe+2].[NH4+].[NH4+].[NH4+]. The third kappa shape index (κ3) is 36.6. The van der Waals surface area contributed by atoms with Gasteiger partial charge in [0.05, 0.1) is 23.9 Å². The van der Waals surface area contributed by atoms with Gasteiger partial charge in [0.2, 0.25) is 0 Å². The molecule has 58 heavy (non-hydrogen) atoms. The van der Waals surface area contributed by atoms with Crippen molar-refractivity contribution in [1.82, 2.24) is 18.5 Å². The smallest absolute Gasteiger partial charge is 0.550 e. The van der Waals surface area contributed by atoms with Gasteiger partial charge in [-0.05, 0) is 0 Å². The Bertz CT molecular complexity index is 1150. The maximum Gasteiger partial charge on any atom is 2.00 e. The summed E-state index contributed by atoms with van der Waals surface area (Å²) in [4.78, 5) is 120. The molecule has 16 N–H and O–H groups in total. The fourth-order valence-corrected chi connectivity index (χ4v) is 2.74. The molecule has 0 aliphatic rings. The van der Waals surface area contributed by atoms with Gasteiger partial charge in [-0.1, -0.05) is 0 Å². The van der Waals surface area contributed by atoms with E-state index in [1.807, 2.05) is 0 Å². The molecule has 0 spiro atoms. The van der Waals surface area contributed by atoms with E-state index in [4.69, 9.17) is 20.4 Å². The molecule has 0 aliphatic heterocycles. The molecule has 0 rings (SSSR count). The molecule has 0 aromatic heterocycles. The van der Waals surface area contributed by atoms with Crippen LogP contribution < -0.4 is 79.7 Å². The van der Waals surface area contributed by atoms with Crippen molar-refractivity contribution in [3.8, 4) is 0 Å². The molecule has 0 radical (unpaired) electrons. The van der Waals surface area contributed by atoms with Crippen LogP contribution >= 0.6 is 0 Å². The maximum absolute atomic E-state index is 10.1. The Morgan fingerprint density at radius 2 is 0.328 bits per heavy atom. The number of carboxylic acid groups (broad SMARTS) is 12. The number of quaternary nitrogens is 3. The van der Waals surface area contributed by atoms with Gasteiger partial charge >= 0.3 is 51.2 Å². The Morgan fingerprint density at radius 3 is 0.362 bits per heavy atom. The van der Waals surface area contributed by atoms with Crippen LogP contribution in [0.3, 0.4) is 0 Å². The topological polar surface area (TPSA) is 672 Å².